The summed E-state index contributed by atoms with van der Waals surface area (Å²) in [5.41, 5.74) is 0.689. The zero-order valence-corrected chi connectivity index (χ0v) is 20.6. The van der Waals surface area contributed by atoms with Crippen LogP contribution in [0.4, 0.5) is 4.39 Å². The Morgan fingerprint density at radius 1 is 1.06 bits per heavy atom. The smallest absolute Gasteiger partial charge is 0.246 e. The average molecular weight is 486 g/mol. The number of hydrogen-bond acceptors (Lipinski definition) is 5. The third-order valence-corrected chi connectivity index (χ3v) is 7.84. The molecule has 2 aromatic rings. The number of likely N-dealkylation sites (tertiary alicyclic amines) is 1. The molecule has 1 saturated heterocycles. The van der Waals surface area contributed by atoms with Gasteiger partial charge in [0.15, 0.2) is 0 Å². The Kier molecular flexibility index (Phi) is 7.76. The molecule has 0 spiro atoms. The third kappa shape index (κ3) is 5.37. The quantitative estimate of drug-likeness (QED) is 0.566. The molecule has 2 amide bonds. The van der Waals surface area contributed by atoms with E-state index in [1.165, 1.54) is 42.0 Å². The average Bonchev–Trinajstić information content (AvgIpc) is 3.52. The second-order valence-electron chi connectivity index (χ2n) is 9.64. The Morgan fingerprint density at radius 3 is 2.44 bits per heavy atom. The number of ketones is 1. The van der Waals surface area contributed by atoms with Gasteiger partial charge in [-0.15, -0.1) is 11.3 Å². The Morgan fingerprint density at radius 2 is 1.76 bits per heavy atom. The molecule has 1 aromatic carbocycles. The van der Waals surface area contributed by atoms with Gasteiger partial charge in [-0.2, -0.15) is 0 Å². The van der Waals surface area contributed by atoms with E-state index in [2.05, 4.69) is 10.3 Å². The molecule has 2 atom stereocenters. The predicted octanol–water partition coefficient (Wildman–Crippen LogP) is 4.90. The van der Waals surface area contributed by atoms with Crippen molar-refractivity contribution in [3.8, 4) is 0 Å². The van der Waals surface area contributed by atoms with Gasteiger partial charge in [0, 0.05) is 23.4 Å². The molecule has 8 heteroatoms. The number of aromatic nitrogens is 1. The van der Waals surface area contributed by atoms with Crippen molar-refractivity contribution in [2.75, 3.05) is 6.54 Å². The highest BCUT2D eigenvalue weighted by Crippen LogP contribution is 2.36. The number of halogens is 1. The van der Waals surface area contributed by atoms with Crippen LogP contribution in [0.1, 0.15) is 85.9 Å². The van der Waals surface area contributed by atoms with Gasteiger partial charge in [0.1, 0.15) is 22.6 Å². The maximum Gasteiger partial charge on any atom is 0.246 e. The van der Waals surface area contributed by atoms with Crippen LogP contribution in [0.25, 0.3) is 0 Å². The molecule has 1 N–H and O–H groups in total. The Balaban J connectivity index is 1.53. The van der Waals surface area contributed by atoms with E-state index in [1.54, 1.807) is 5.38 Å². The summed E-state index contributed by atoms with van der Waals surface area (Å²) in [6, 6.07) is 4.71. The first kappa shape index (κ1) is 24.5. The van der Waals surface area contributed by atoms with Crippen LogP contribution in [0.2, 0.25) is 0 Å². The molecule has 0 unspecified atom stereocenters. The van der Waals surface area contributed by atoms with Crippen molar-refractivity contribution >= 4 is 28.9 Å². The molecular weight excluding hydrogens is 453 g/mol. The number of carbonyl (C=O) groups excluding carboxylic acids is 3. The van der Waals surface area contributed by atoms with Gasteiger partial charge in [-0.25, -0.2) is 9.37 Å². The maximum atomic E-state index is 13.8. The van der Waals surface area contributed by atoms with Crippen LogP contribution in [0.15, 0.2) is 29.6 Å². The Hall–Kier alpha value is -2.61. The summed E-state index contributed by atoms with van der Waals surface area (Å²) in [4.78, 5) is 45.5. The van der Waals surface area contributed by atoms with Gasteiger partial charge >= 0.3 is 0 Å². The molecule has 1 aliphatic carbocycles. The number of benzene rings is 1. The Labute approximate surface area is 204 Å². The van der Waals surface area contributed by atoms with Gasteiger partial charge in [-0.3, -0.25) is 14.4 Å². The van der Waals surface area contributed by atoms with Crippen molar-refractivity contribution in [1.29, 1.82) is 0 Å². The molecule has 2 fully saturated rings. The van der Waals surface area contributed by atoms with Crippen LogP contribution in [0, 0.1) is 17.7 Å². The first-order chi connectivity index (χ1) is 16.3. The van der Waals surface area contributed by atoms with E-state index in [1.807, 2.05) is 18.7 Å². The fraction of sp³-hybridized carbons (Fsp3) is 0.538. The lowest BCUT2D eigenvalue weighted by Crippen LogP contribution is -2.53. The zero-order valence-electron chi connectivity index (χ0n) is 19.8. The van der Waals surface area contributed by atoms with E-state index in [0.717, 1.165) is 43.5 Å². The fourth-order valence-corrected chi connectivity index (χ4v) is 5.87. The highest BCUT2D eigenvalue weighted by atomic mass is 32.1. The van der Waals surface area contributed by atoms with E-state index < -0.39 is 11.9 Å². The van der Waals surface area contributed by atoms with Crippen LogP contribution in [-0.2, 0) is 9.59 Å². The molecule has 1 saturated carbocycles. The summed E-state index contributed by atoms with van der Waals surface area (Å²) in [6.07, 6.45) is 6.85. The number of nitrogens with zero attached hydrogens (tertiary/aromatic N) is 2. The van der Waals surface area contributed by atoms with Gasteiger partial charge in [-0.1, -0.05) is 33.1 Å². The van der Waals surface area contributed by atoms with E-state index in [4.69, 9.17) is 0 Å². The monoisotopic (exact) mass is 485 g/mol. The summed E-state index contributed by atoms with van der Waals surface area (Å²) in [5.74, 6) is -0.828. The van der Waals surface area contributed by atoms with E-state index >= 15 is 0 Å². The topological polar surface area (TPSA) is 79.4 Å². The number of carbonyl (C=O) groups is 3. The first-order valence-corrected chi connectivity index (χ1v) is 13.1. The minimum absolute atomic E-state index is 0.0370. The SMILES string of the molecule is CC(C)C(=O)N[C@H](C(=O)N1CCC[C@H]1c1nc(C(=O)c2ccc(F)cc2)cs1)C1CCCCC1. The molecule has 1 aromatic heterocycles. The zero-order chi connectivity index (χ0) is 24.2. The minimum Gasteiger partial charge on any atom is -0.344 e. The van der Waals surface area contributed by atoms with E-state index in [9.17, 15) is 18.8 Å². The molecule has 182 valence electrons. The molecule has 0 bridgehead atoms. The van der Waals surface area contributed by atoms with E-state index in [0.29, 0.717) is 17.8 Å². The van der Waals surface area contributed by atoms with E-state index in [-0.39, 0.29) is 35.5 Å². The third-order valence-electron chi connectivity index (χ3n) is 6.89. The van der Waals surface area contributed by atoms with Gasteiger partial charge in [-0.05, 0) is 55.9 Å². The molecule has 0 radical (unpaired) electrons. The summed E-state index contributed by atoms with van der Waals surface area (Å²) in [7, 11) is 0. The summed E-state index contributed by atoms with van der Waals surface area (Å²) in [5, 5.41) is 5.49. The van der Waals surface area contributed by atoms with Gasteiger partial charge in [0.2, 0.25) is 17.6 Å². The van der Waals surface area contributed by atoms with Gasteiger partial charge in [0.25, 0.3) is 0 Å². The summed E-state index contributed by atoms with van der Waals surface area (Å²) < 4.78 is 13.2. The number of hydrogen-bond donors (Lipinski definition) is 1. The van der Waals surface area contributed by atoms with Crippen LogP contribution in [0.3, 0.4) is 0 Å². The van der Waals surface area contributed by atoms with Crippen molar-refractivity contribution in [3.63, 3.8) is 0 Å². The van der Waals surface area contributed by atoms with Gasteiger partial charge < -0.3 is 10.2 Å². The normalized spacial score (nSPS) is 19.9. The van der Waals surface area contributed by atoms with Crippen molar-refractivity contribution in [3.05, 3.63) is 51.7 Å². The van der Waals surface area contributed by atoms with Crippen molar-refractivity contribution in [2.45, 2.75) is 70.9 Å². The van der Waals surface area contributed by atoms with Crippen LogP contribution in [-0.4, -0.2) is 40.1 Å². The lowest BCUT2D eigenvalue weighted by atomic mass is 9.83. The lowest BCUT2D eigenvalue weighted by Gasteiger charge is -2.35. The largest absolute Gasteiger partial charge is 0.344 e. The molecule has 4 rings (SSSR count). The number of amides is 2. The van der Waals surface area contributed by atoms with Crippen molar-refractivity contribution in [1.82, 2.24) is 15.2 Å². The van der Waals surface area contributed by atoms with Crippen molar-refractivity contribution < 1.29 is 18.8 Å². The van der Waals surface area contributed by atoms with Gasteiger partial charge in [0.05, 0.1) is 6.04 Å². The number of rotatable bonds is 7. The second-order valence-corrected chi connectivity index (χ2v) is 10.5. The van der Waals surface area contributed by atoms with Crippen LogP contribution < -0.4 is 5.32 Å². The fourth-order valence-electron chi connectivity index (χ4n) is 4.93. The number of thiazole rings is 1. The molecule has 2 aliphatic rings. The highest BCUT2D eigenvalue weighted by Gasteiger charge is 2.40. The minimum atomic E-state index is -0.518. The number of nitrogens with one attached hydrogen (secondary N) is 1. The summed E-state index contributed by atoms with van der Waals surface area (Å²) in [6.45, 7) is 4.29. The maximum absolute atomic E-state index is 13.8. The molecule has 1 aliphatic heterocycles. The van der Waals surface area contributed by atoms with Crippen LogP contribution in [0.5, 0.6) is 0 Å². The van der Waals surface area contributed by atoms with Crippen LogP contribution >= 0.6 is 11.3 Å². The molecule has 34 heavy (non-hydrogen) atoms. The molecule has 2 heterocycles. The van der Waals surface area contributed by atoms with Crippen molar-refractivity contribution in [2.24, 2.45) is 11.8 Å². The molecular formula is C26H32FN3O3S. The highest BCUT2D eigenvalue weighted by molar-refractivity contribution is 7.10. The predicted molar refractivity (Wildman–Crippen MR) is 129 cm³/mol. The molecule has 6 nitrogen and oxygen atoms in total. The summed E-state index contributed by atoms with van der Waals surface area (Å²) >= 11 is 1.37. The lowest BCUT2D eigenvalue weighted by molar-refractivity contribution is -0.140. The first-order valence-electron chi connectivity index (χ1n) is 12.2. The Bertz CT molecular complexity index is 1030. The standard InChI is InChI=1S/C26H32FN3O3S/c1-16(2)24(32)29-22(17-7-4-3-5-8-17)26(33)30-14-6-9-21(30)25-28-20(15-34-25)23(31)18-10-12-19(27)13-11-18/h10-13,15-17,21-22H,3-9,14H2,1-2H3,(H,29,32)/t21-,22-/m0/s1. The second kappa shape index (κ2) is 10.8.